The zero-order chi connectivity index (χ0) is 15.5. The average Bonchev–Trinajstić information content (AvgIpc) is 2.72. The topological polar surface area (TPSA) is 81.8 Å². The van der Waals surface area contributed by atoms with E-state index >= 15 is 0 Å². The number of nitrogens with zero attached hydrogens (tertiary/aromatic N) is 2. The van der Waals surface area contributed by atoms with Crippen molar-refractivity contribution in [1.82, 2.24) is 20.4 Å². The molecule has 1 spiro atoms. The summed E-state index contributed by atoms with van der Waals surface area (Å²) in [5.41, 5.74) is -0.608. The Labute approximate surface area is 125 Å². The Morgan fingerprint density at radius 2 is 1.43 bits per heavy atom. The number of ketones is 1. The summed E-state index contributed by atoms with van der Waals surface area (Å²) in [6.07, 6.45) is 2.94. The Morgan fingerprint density at radius 1 is 0.905 bits per heavy atom. The Hall–Kier alpha value is -1.47. The maximum Gasteiger partial charge on any atom is 0.322 e. The number of carbonyl (C=O) groups is 3. The van der Waals surface area contributed by atoms with Gasteiger partial charge in [-0.3, -0.25) is 14.9 Å². The van der Waals surface area contributed by atoms with Gasteiger partial charge in [-0.05, 0) is 26.9 Å². The van der Waals surface area contributed by atoms with Crippen LogP contribution in [-0.2, 0) is 9.59 Å². The van der Waals surface area contributed by atoms with Crippen LogP contribution in [0.2, 0.25) is 0 Å². The highest BCUT2D eigenvalue weighted by molar-refractivity contribution is 6.07. The van der Waals surface area contributed by atoms with Crippen molar-refractivity contribution in [3.8, 4) is 0 Å². The summed E-state index contributed by atoms with van der Waals surface area (Å²) in [6, 6.07) is -0.352. The first kappa shape index (κ1) is 15.9. The second-order valence-corrected chi connectivity index (χ2v) is 6.14. The second kappa shape index (κ2) is 6.53. The highest BCUT2D eigenvalue weighted by Crippen LogP contribution is 2.24. The zero-order valence-electron chi connectivity index (χ0n) is 12.8. The summed E-state index contributed by atoms with van der Waals surface area (Å²) in [6.45, 7) is 3.62. The maximum absolute atomic E-state index is 11.5. The van der Waals surface area contributed by atoms with Crippen LogP contribution in [0.5, 0.6) is 0 Å². The third-order valence-corrected chi connectivity index (χ3v) is 4.40. The third kappa shape index (κ3) is 4.01. The number of imide groups is 1. The van der Waals surface area contributed by atoms with Crippen molar-refractivity contribution >= 4 is 17.7 Å². The van der Waals surface area contributed by atoms with Gasteiger partial charge in [-0.2, -0.15) is 0 Å². The second-order valence-electron chi connectivity index (χ2n) is 6.14. The van der Waals surface area contributed by atoms with Crippen LogP contribution >= 0.6 is 0 Å². The summed E-state index contributed by atoms with van der Waals surface area (Å²) >= 11 is 0. The molecule has 2 N–H and O–H groups in total. The van der Waals surface area contributed by atoms with E-state index in [1.54, 1.807) is 0 Å². The predicted octanol–water partition coefficient (Wildman–Crippen LogP) is -0.429. The van der Waals surface area contributed by atoms with Gasteiger partial charge in [0.2, 0.25) is 0 Å². The first-order valence-corrected chi connectivity index (χ1v) is 7.44. The highest BCUT2D eigenvalue weighted by Gasteiger charge is 2.47. The molecule has 0 atom stereocenters. The first-order chi connectivity index (χ1) is 9.91. The zero-order valence-corrected chi connectivity index (χ0v) is 12.8. The number of hydrogen-bond acceptors (Lipinski definition) is 5. The smallest absolute Gasteiger partial charge is 0.322 e. The molecule has 3 saturated heterocycles. The third-order valence-electron chi connectivity index (χ3n) is 4.40. The fourth-order valence-electron chi connectivity index (χ4n) is 2.75. The molecule has 0 aliphatic carbocycles. The SMILES string of the molecule is CN1CCC(=O)CC1.CN1CCC2(CC1)NC(=O)NC2=O. The molecule has 3 aliphatic rings. The Kier molecular flexibility index (Phi) is 4.95. The van der Waals surface area contributed by atoms with Crippen molar-refractivity contribution in [3.05, 3.63) is 0 Å². The number of piperidine rings is 2. The molecule has 0 radical (unpaired) electrons. The maximum atomic E-state index is 11.5. The number of amides is 3. The van der Waals surface area contributed by atoms with Crippen LogP contribution in [0.4, 0.5) is 4.79 Å². The number of hydrogen-bond donors (Lipinski definition) is 2. The first-order valence-electron chi connectivity index (χ1n) is 7.44. The molecule has 7 nitrogen and oxygen atoms in total. The van der Waals surface area contributed by atoms with Gasteiger partial charge < -0.3 is 15.1 Å². The molecule has 0 aromatic heterocycles. The molecule has 0 unspecified atom stereocenters. The van der Waals surface area contributed by atoms with Gasteiger partial charge in [-0.15, -0.1) is 0 Å². The number of nitrogens with one attached hydrogen (secondary N) is 2. The van der Waals surface area contributed by atoms with E-state index in [0.29, 0.717) is 18.6 Å². The lowest BCUT2D eigenvalue weighted by Crippen LogP contribution is -2.54. The quantitative estimate of drug-likeness (QED) is 0.593. The Bertz CT molecular complexity index is 420. The van der Waals surface area contributed by atoms with Crippen LogP contribution in [0.25, 0.3) is 0 Å². The molecule has 0 aromatic rings. The monoisotopic (exact) mass is 296 g/mol. The lowest BCUT2D eigenvalue weighted by molar-refractivity contribution is -0.125. The minimum Gasteiger partial charge on any atom is -0.323 e. The van der Waals surface area contributed by atoms with E-state index in [-0.39, 0.29) is 11.9 Å². The van der Waals surface area contributed by atoms with Crippen molar-refractivity contribution in [3.63, 3.8) is 0 Å². The van der Waals surface area contributed by atoms with Crippen LogP contribution in [0, 0.1) is 0 Å². The molecule has 3 heterocycles. The van der Waals surface area contributed by atoms with Crippen molar-refractivity contribution in [2.24, 2.45) is 0 Å². The van der Waals surface area contributed by atoms with Gasteiger partial charge in [0.1, 0.15) is 11.3 Å². The molecule has 21 heavy (non-hydrogen) atoms. The van der Waals surface area contributed by atoms with Crippen molar-refractivity contribution in [2.75, 3.05) is 40.3 Å². The van der Waals surface area contributed by atoms with Gasteiger partial charge in [-0.25, -0.2) is 4.79 Å². The number of carbonyl (C=O) groups excluding carboxylic acids is 3. The van der Waals surface area contributed by atoms with E-state index in [1.807, 2.05) is 14.1 Å². The summed E-state index contributed by atoms with van der Waals surface area (Å²) in [4.78, 5) is 37.3. The van der Waals surface area contributed by atoms with Crippen LogP contribution in [0.1, 0.15) is 25.7 Å². The summed E-state index contributed by atoms with van der Waals surface area (Å²) < 4.78 is 0. The number of Topliss-reactive ketones (excluding diaryl/α,β-unsaturated/α-hetero) is 1. The van der Waals surface area contributed by atoms with Gasteiger partial charge in [-0.1, -0.05) is 0 Å². The highest BCUT2D eigenvalue weighted by atomic mass is 16.2. The number of likely N-dealkylation sites (tertiary alicyclic amines) is 2. The Balaban J connectivity index is 0.000000173. The largest absolute Gasteiger partial charge is 0.323 e. The lowest BCUT2D eigenvalue weighted by atomic mass is 9.88. The number of rotatable bonds is 0. The molecule has 0 aromatic carbocycles. The van der Waals surface area contributed by atoms with E-state index in [0.717, 1.165) is 39.0 Å². The van der Waals surface area contributed by atoms with Crippen LogP contribution in [-0.4, -0.2) is 73.3 Å². The lowest BCUT2D eigenvalue weighted by Gasteiger charge is -2.34. The van der Waals surface area contributed by atoms with Gasteiger partial charge >= 0.3 is 6.03 Å². The average molecular weight is 296 g/mol. The molecule has 0 bridgehead atoms. The minimum atomic E-state index is -0.608. The van der Waals surface area contributed by atoms with Crippen molar-refractivity contribution < 1.29 is 14.4 Å². The molecule has 118 valence electrons. The van der Waals surface area contributed by atoms with Gasteiger partial charge in [0, 0.05) is 39.0 Å². The van der Waals surface area contributed by atoms with Crippen LogP contribution in [0.15, 0.2) is 0 Å². The fourth-order valence-corrected chi connectivity index (χ4v) is 2.75. The predicted molar refractivity (Wildman–Crippen MR) is 77.9 cm³/mol. The molecular formula is C14H24N4O3. The number of urea groups is 1. The van der Waals surface area contributed by atoms with E-state index in [2.05, 4.69) is 20.4 Å². The molecule has 7 heteroatoms. The summed E-state index contributed by atoms with van der Waals surface area (Å²) in [5, 5.41) is 5.00. The molecule has 0 saturated carbocycles. The molecular weight excluding hydrogens is 272 g/mol. The van der Waals surface area contributed by atoms with Gasteiger partial charge in [0.15, 0.2) is 0 Å². The molecule has 3 aliphatic heterocycles. The van der Waals surface area contributed by atoms with Crippen molar-refractivity contribution in [1.29, 1.82) is 0 Å². The normalized spacial score (nSPS) is 26.1. The van der Waals surface area contributed by atoms with E-state index < -0.39 is 5.54 Å². The van der Waals surface area contributed by atoms with Gasteiger partial charge in [0.05, 0.1) is 0 Å². The van der Waals surface area contributed by atoms with Crippen LogP contribution < -0.4 is 10.6 Å². The van der Waals surface area contributed by atoms with E-state index in [4.69, 9.17) is 0 Å². The van der Waals surface area contributed by atoms with E-state index in [9.17, 15) is 14.4 Å². The van der Waals surface area contributed by atoms with E-state index in [1.165, 1.54) is 0 Å². The molecule has 3 fully saturated rings. The van der Waals surface area contributed by atoms with Crippen LogP contribution in [0.3, 0.4) is 0 Å². The summed E-state index contributed by atoms with van der Waals surface area (Å²) in [5.74, 6) is 0.258. The van der Waals surface area contributed by atoms with Gasteiger partial charge in [0.25, 0.3) is 5.91 Å². The fraction of sp³-hybridized carbons (Fsp3) is 0.786. The molecule has 3 amide bonds. The summed E-state index contributed by atoms with van der Waals surface area (Å²) in [7, 11) is 4.06. The Morgan fingerprint density at radius 3 is 1.86 bits per heavy atom. The minimum absolute atomic E-state index is 0.161. The molecule has 3 rings (SSSR count). The van der Waals surface area contributed by atoms with Crippen molar-refractivity contribution in [2.45, 2.75) is 31.2 Å². The standard InChI is InChI=1S/C8H13N3O2.C6H11NO/c1-11-4-2-8(3-5-11)6(12)9-7(13)10-8;1-7-4-2-6(8)3-5-7/h2-5H2,1H3,(H2,9,10,12,13);2-5H2,1H3.